The number of rotatable bonds is 2. The molecule has 0 atom stereocenters. The predicted molar refractivity (Wildman–Crippen MR) is 88.9 cm³/mol. The van der Waals surface area contributed by atoms with E-state index >= 15 is 0 Å². The molecule has 24 heavy (non-hydrogen) atoms. The normalized spacial score (nSPS) is 11.5. The maximum absolute atomic E-state index is 5.98. The van der Waals surface area contributed by atoms with Crippen LogP contribution in [-0.4, -0.2) is 30.1 Å². The summed E-state index contributed by atoms with van der Waals surface area (Å²) in [4.78, 5) is 15.7. The number of aromatic amines is 2. The first-order chi connectivity index (χ1) is 11.8. The lowest BCUT2D eigenvalue weighted by atomic mass is 10.1. The van der Waals surface area contributed by atoms with Gasteiger partial charge in [-0.15, -0.1) is 0 Å². The van der Waals surface area contributed by atoms with E-state index in [0.717, 1.165) is 27.9 Å². The highest BCUT2D eigenvalue weighted by atomic mass is 16.3. The van der Waals surface area contributed by atoms with Crippen molar-refractivity contribution in [2.75, 3.05) is 5.73 Å². The van der Waals surface area contributed by atoms with Crippen LogP contribution in [0.1, 0.15) is 0 Å². The Morgan fingerprint density at radius 1 is 1.08 bits per heavy atom. The predicted octanol–water partition coefficient (Wildman–Crippen LogP) is 2.74. The van der Waals surface area contributed by atoms with E-state index in [0.29, 0.717) is 22.7 Å². The van der Waals surface area contributed by atoms with Crippen LogP contribution in [0.15, 0.2) is 47.5 Å². The molecule has 116 valence electrons. The van der Waals surface area contributed by atoms with Gasteiger partial charge in [0, 0.05) is 16.5 Å². The largest absolute Gasteiger partial charge is 0.445 e. The van der Waals surface area contributed by atoms with Crippen LogP contribution < -0.4 is 5.73 Å². The summed E-state index contributed by atoms with van der Waals surface area (Å²) in [7, 11) is 0. The minimum Gasteiger partial charge on any atom is -0.445 e. The molecule has 0 aliphatic carbocycles. The summed E-state index contributed by atoms with van der Waals surface area (Å²) in [6, 6.07) is 7.98. The molecule has 8 heteroatoms. The van der Waals surface area contributed by atoms with E-state index in [-0.39, 0.29) is 0 Å². The zero-order valence-electron chi connectivity index (χ0n) is 12.3. The summed E-state index contributed by atoms with van der Waals surface area (Å²) in [6.07, 6.45) is 4.58. The highest BCUT2D eigenvalue weighted by Crippen LogP contribution is 2.31. The molecule has 1 aromatic carbocycles. The number of anilines is 1. The van der Waals surface area contributed by atoms with Crippen molar-refractivity contribution in [2.45, 2.75) is 0 Å². The molecule has 0 saturated carbocycles. The SMILES string of the molecule is Nc1ncnc2n[nH]c(-c3cc4ccc(-c5ncco5)cc4[nH]3)c12. The molecule has 0 saturated heterocycles. The van der Waals surface area contributed by atoms with Gasteiger partial charge in [-0.2, -0.15) is 5.10 Å². The number of oxazole rings is 1. The lowest BCUT2D eigenvalue weighted by Gasteiger charge is -1.97. The molecule has 0 radical (unpaired) electrons. The second-order valence-corrected chi connectivity index (χ2v) is 5.38. The Labute approximate surface area is 134 Å². The van der Waals surface area contributed by atoms with Gasteiger partial charge in [-0.05, 0) is 18.2 Å². The first kappa shape index (κ1) is 12.8. The summed E-state index contributed by atoms with van der Waals surface area (Å²) in [5, 5.41) is 8.92. The van der Waals surface area contributed by atoms with Gasteiger partial charge < -0.3 is 15.1 Å². The zero-order valence-corrected chi connectivity index (χ0v) is 12.3. The van der Waals surface area contributed by atoms with Gasteiger partial charge in [-0.25, -0.2) is 15.0 Å². The first-order valence-corrected chi connectivity index (χ1v) is 7.27. The molecule has 0 fully saturated rings. The van der Waals surface area contributed by atoms with Crippen LogP contribution in [0.5, 0.6) is 0 Å². The first-order valence-electron chi connectivity index (χ1n) is 7.27. The third-order valence-corrected chi connectivity index (χ3v) is 3.95. The number of benzene rings is 1. The standard InChI is InChI=1S/C16H11N7O/c17-14-12-13(22-23-15(12)20-7-19-14)11-5-8-1-2-9(6-10(8)21-11)16-18-3-4-24-16/h1-7,21H,(H3,17,19,20,22,23). The molecule has 4 N–H and O–H groups in total. The smallest absolute Gasteiger partial charge is 0.225 e. The third-order valence-electron chi connectivity index (χ3n) is 3.95. The highest BCUT2D eigenvalue weighted by molar-refractivity contribution is 5.99. The van der Waals surface area contributed by atoms with Crippen LogP contribution in [0.4, 0.5) is 5.82 Å². The molecule has 4 heterocycles. The van der Waals surface area contributed by atoms with Gasteiger partial charge >= 0.3 is 0 Å². The van der Waals surface area contributed by atoms with E-state index in [1.165, 1.54) is 6.33 Å². The number of hydrogen-bond acceptors (Lipinski definition) is 6. The van der Waals surface area contributed by atoms with Crippen LogP contribution in [0.2, 0.25) is 0 Å². The highest BCUT2D eigenvalue weighted by Gasteiger charge is 2.15. The molecular weight excluding hydrogens is 306 g/mol. The number of nitrogens with two attached hydrogens (primary N) is 1. The van der Waals surface area contributed by atoms with Crippen molar-refractivity contribution < 1.29 is 4.42 Å². The summed E-state index contributed by atoms with van der Waals surface area (Å²) < 4.78 is 5.35. The minimum absolute atomic E-state index is 0.392. The Bertz CT molecular complexity index is 1170. The third kappa shape index (κ3) is 1.80. The summed E-state index contributed by atoms with van der Waals surface area (Å²) >= 11 is 0. The number of aromatic nitrogens is 6. The van der Waals surface area contributed by atoms with Crippen molar-refractivity contribution in [3.05, 3.63) is 43.1 Å². The fraction of sp³-hybridized carbons (Fsp3) is 0. The van der Waals surface area contributed by atoms with Crippen molar-refractivity contribution >= 4 is 27.8 Å². The Morgan fingerprint density at radius 2 is 2.04 bits per heavy atom. The average Bonchev–Trinajstić information content (AvgIpc) is 3.32. The Kier molecular flexibility index (Phi) is 2.49. The Morgan fingerprint density at radius 3 is 2.92 bits per heavy atom. The Balaban J connectivity index is 1.70. The van der Waals surface area contributed by atoms with Crippen LogP contribution in [0.3, 0.4) is 0 Å². The molecule has 5 aromatic rings. The molecule has 0 unspecified atom stereocenters. The molecule has 0 aliphatic heterocycles. The fourth-order valence-electron chi connectivity index (χ4n) is 2.83. The number of nitrogens with one attached hydrogen (secondary N) is 2. The van der Waals surface area contributed by atoms with E-state index in [2.05, 4.69) is 30.1 Å². The van der Waals surface area contributed by atoms with Gasteiger partial charge in [0.25, 0.3) is 0 Å². The molecule has 0 spiro atoms. The lowest BCUT2D eigenvalue weighted by Crippen LogP contribution is -1.92. The van der Waals surface area contributed by atoms with Gasteiger partial charge in [0.2, 0.25) is 5.89 Å². The van der Waals surface area contributed by atoms with E-state index in [1.54, 1.807) is 12.5 Å². The topological polar surface area (TPSA) is 122 Å². The van der Waals surface area contributed by atoms with Crippen molar-refractivity contribution in [3.8, 4) is 22.8 Å². The second kappa shape index (κ2) is 4.66. The number of hydrogen-bond donors (Lipinski definition) is 3. The van der Waals surface area contributed by atoms with Crippen molar-refractivity contribution in [1.82, 2.24) is 30.1 Å². The molecule has 0 bridgehead atoms. The molecule has 0 amide bonds. The van der Waals surface area contributed by atoms with Gasteiger partial charge in [-0.3, -0.25) is 5.10 Å². The van der Waals surface area contributed by atoms with E-state index in [1.807, 2.05) is 24.3 Å². The summed E-state index contributed by atoms with van der Waals surface area (Å²) in [6.45, 7) is 0. The quantitative estimate of drug-likeness (QED) is 0.460. The molecule has 0 aliphatic rings. The molecule has 5 rings (SSSR count). The van der Waals surface area contributed by atoms with Crippen molar-refractivity contribution in [3.63, 3.8) is 0 Å². The zero-order chi connectivity index (χ0) is 16.1. The van der Waals surface area contributed by atoms with Gasteiger partial charge in [0.1, 0.15) is 18.4 Å². The molecule has 4 aromatic heterocycles. The van der Waals surface area contributed by atoms with Gasteiger partial charge in [-0.1, -0.05) is 6.07 Å². The summed E-state index contributed by atoms with van der Waals surface area (Å²) in [5.41, 5.74) is 9.99. The number of nitrogen functional groups attached to an aromatic ring is 1. The maximum Gasteiger partial charge on any atom is 0.225 e. The number of H-pyrrole nitrogens is 2. The van der Waals surface area contributed by atoms with Crippen molar-refractivity contribution in [2.24, 2.45) is 0 Å². The summed E-state index contributed by atoms with van der Waals surface area (Å²) in [5.74, 6) is 0.973. The van der Waals surface area contributed by atoms with Crippen LogP contribution in [-0.2, 0) is 0 Å². The Hall–Kier alpha value is -3.68. The van der Waals surface area contributed by atoms with Crippen LogP contribution in [0, 0.1) is 0 Å². The fourth-order valence-corrected chi connectivity index (χ4v) is 2.83. The number of nitrogens with zero attached hydrogens (tertiary/aromatic N) is 4. The lowest BCUT2D eigenvalue weighted by molar-refractivity contribution is 0.574. The monoisotopic (exact) mass is 317 g/mol. The van der Waals surface area contributed by atoms with Crippen molar-refractivity contribution in [1.29, 1.82) is 0 Å². The van der Waals surface area contributed by atoms with Crippen LogP contribution >= 0.6 is 0 Å². The average molecular weight is 317 g/mol. The van der Waals surface area contributed by atoms with Gasteiger partial charge in [0.15, 0.2) is 5.65 Å². The number of fused-ring (bicyclic) bond motifs is 2. The van der Waals surface area contributed by atoms with Gasteiger partial charge in [0.05, 0.1) is 23.0 Å². The van der Waals surface area contributed by atoms with E-state index in [9.17, 15) is 0 Å². The second-order valence-electron chi connectivity index (χ2n) is 5.38. The van der Waals surface area contributed by atoms with Crippen LogP contribution in [0.25, 0.3) is 44.8 Å². The maximum atomic E-state index is 5.98. The van der Waals surface area contributed by atoms with E-state index in [4.69, 9.17) is 10.2 Å². The van der Waals surface area contributed by atoms with E-state index < -0.39 is 0 Å². The minimum atomic E-state index is 0.392. The molecular formula is C16H11N7O. The molecule has 8 nitrogen and oxygen atoms in total.